The van der Waals surface area contributed by atoms with Crippen LogP contribution in [-0.4, -0.2) is 23.7 Å². The summed E-state index contributed by atoms with van der Waals surface area (Å²) < 4.78 is 1.80. The maximum Gasteiger partial charge on any atom is 0.229 e. The molecule has 1 aliphatic heterocycles. The minimum absolute atomic E-state index is 0.0366. The number of anilines is 1. The maximum atomic E-state index is 11.6. The molecule has 1 unspecified atom stereocenters. The lowest BCUT2D eigenvalue weighted by Crippen LogP contribution is -2.25. The van der Waals surface area contributed by atoms with E-state index in [1.807, 2.05) is 18.2 Å². The van der Waals surface area contributed by atoms with Crippen molar-refractivity contribution in [3.8, 4) is 0 Å². The van der Waals surface area contributed by atoms with Gasteiger partial charge in [0.2, 0.25) is 5.91 Å². The Balaban J connectivity index is 2.34. The summed E-state index contributed by atoms with van der Waals surface area (Å²) in [6, 6.07) is 5.61. The molecule has 0 bridgehead atoms. The molecule has 1 amide bonds. The highest BCUT2D eigenvalue weighted by molar-refractivity contribution is 9.11. The summed E-state index contributed by atoms with van der Waals surface area (Å²) in [7, 11) is 0. The largest absolute Gasteiger partial charge is 0.391 e. The molecule has 1 heterocycles. The first-order valence-electron chi connectivity index (χ1n) is 4.51. The summed E-state index contributed by atoms with van der Waals surface area (Å²) in [5, 5.41) is 9.39. The molecule has 3 nitrogen and oxygen atoms in total. The molecule has 0 aromatic heterocycles. The normalized spacial score (nSPS) is 21.1. The quantitative estimate of drug-likeness (QED) is 0.856. The minimum atomic E-state index is -0.548. The zero-order valence-corrected chi connectivity index (χ0v) is 11.0. The van der Waals surface area contributed by atoms with Crippen LogP contribution in [0.3, 0.4) is 0 Å². The topological polar surface area (TPSA) is 40.5 Å². The number of halogens is 2. The van der Waals surface area contributed by atoms with Gasteiger partial charge in [0.05, 0.1) is 24.8 Å². The fourth-order valence-corrected chi connectivity index (χ4v) is 2.88. The molecule has 80 valence electrons. The van der Waals surface area contributed by atoms with Crippen molar-refractivity contribution in [2.75, 3.05) is 11.4 Å². The molecule has 0 saturated carbocycles. The van der Waals surface area contributed by atoms with Crippen molar-refractivity contribution in [1.82, 2.24) is 0 Å². The van der Waals surface area contributed by atoms with Crippen molar-refractivity contribution >= 4 is 43.5 Å². The van der Waals surface area contributed by atoms with Crippen molar-refractivity contribution in [3.63, 3.8) is 0 Å². The summed E-state index contributed by atoms with van der Waals surface area (Å²) in [6.45, 7) is 0.374. The van der Waals surface area contributed by atoms with E-state index in [2.05, 4.69) is 31.9 Å². The molecular weight excluding hydrogens is 326 g/mol. The van der Waals surface area contributed by atoms with Crippen molar-refractivity contribution in [1.29, 1.82) is 0 Å². The SMILES string of the molecule is O=C1CC(O)CN1c1ccc(Br)cc1Br. The summed E-state index contributed by atoms with van der Waals surface area (Å²) in [4.78, 5) is 13.2. The molecular formula is C10H9Br2NO2. The Hall–Kier alpha value is -0.390. The third-order valence-electron chi connectivity index (χ3n) is 2.31. The van der Waals surface area contributed by atoms with Crippen LogP contribution >= 0.6 is 31.9 Å². The highest BCUT2D eigenvalue weighted by Gasteiger charge is 2.29. The lowest BCUT2D eigenvalue weighted by Gasteiger charge is -2.17. The molecule has 2 rings (SSSR count). The molecule has 1 aliphatic rings. The highest BCUT2D eigenvalue weighted by Crippen LogP contribution is 2.31. The van der Waals surface area contributed by atoms with Crippen molar-refractivity contribution in [2.45, 2.75) is 12.5 Å². The predicted octanol–water partition coefficient (Wildman–Crippen LogP) is 2.31. The van der Waals surface area contributed by atoms with Gasteiger partial charge in [-0.2, -0.15) is 0 Å². The number of aliphatic hydroxyl groups is 1. The second-order valence-corrected chi connectivity index (χ2v) is 5.23. The standard InChI is InChI=1S/C10H9Br2NO2/c11-6-1-2-9(8(12)3-6)13-5-7(14)4-10(13)15/h1-3,7,14H,4-5H2. The number of hydrogen-bond donors (Lipinski definition) is 1. The van der Waals surface area contributed by atoms with Crippen molar-refractivity contribution in [2.24, 2.45) is 0 Å². The number of β-amino-alcohol motifs (C(OH)–C–C–N with tert-alkyl or cyclic N) is 1. The van der Waals surface area contributed by atoms with Crippen LogP contribution in [0.25, 0.3) is 0 Å². The Bertz CT molecular complexity index is 408. The van der Waals surface area contributed by atoms with Crippen LogP contribution < -0.4 is 4.90 Å². The van der Waals surface area contributed by atoms with Crippen LogP contribution in [0.2, 0.25) is 0 Å². The molecule has 15 heavy (non-hydrogen) atoms. The number of carbonyl (C=O) groups excluding carboxylic acids is 1. The van der Waals surface area contributed by atoms with Crippen LogP contribution in [-0.2, 0) is 4.79 Å². The van der Waals surface area contributed by atoms with E-state index in [4.69, 9.17) is 0 Å². The molecule has 0 radical (unpaired) electrons. The van der Waals surface area contributed by atoms with Crippen LogP contribution in [0.4, 0.5) is 5.69 Å². The van der Waals surface area contributed by atoms with Gasteiger partial charge in [0, 0.05) is 8.95 Å². The van der Waals surface area contributed by atoms with E-state index in [0.29, 0.717) is 6.54 Å². The second kappa shape index (κ2) is 4.23. The van der Waals surface area contributed by atoms with E-state index in [1.165, 1.54) is 0 Å². The van der Waals surface area contributed by atoms with E-state index in [1.54, 1.807) is 4.90 Å². The number of rotatable bonds is 1. The van der Waals surface area contributed by atoms with E-state index >= 15 is 0 Å². The van der Waals surface area contributed by atoms with Gasteiger partial charge in [0.1, 0.15) is 0 Å². The Morgan fingerprint density at radius 2 is 2.13 bits per heavy atom. The summed E-state index contributed by atoms with van der Waals surface area (Å²) in [5.41, 5.74) is 0.805. The van der Waals surface area contributed by atoms with Crippen molar-refractivity contribution in [3.05, 3.63) is 27.1 Å². The van der Waals surface area contributed by atoms with Gasteiger partial charge in [-0.25, -0.2) is 0 Å². The van der Waals surface area contributed by atoms with Gasteiger partial charge in [0.15, 0.2) is 0 Å². The number of hydrogen-bond acceptors (Lipinski definition) is 2. The zero-order valence-electron chi connectivity index (χ0n) is 7.78. The predicted molar refractivity (Wildman–Crippen MR) is 64.8 cm³/mol. The second-order valence-electron chi connectivity index (χ2n) is 3.46. The smallest absolute Gasteiger partial charge is 0.229 e. The molecule has 1 N–H and O–H groups in total. The Morgan fingerprint density at radius 3 is 2.67 bits per heavy atom. The fraction of sp³-hybridized carbons (Fsp3) is 0.300. The fourth-order valence-electron chi connectivity index (χ4n) is 1.62. The molecule has 5 heteroatoms. The number of amides is 1. The van der Waals surface area contributed by atoms with Crippen LogP contribution in [0, 0.1) is 0 Å². The molecule has 0 spiro atoms. The average molecular weight is 335 g/mol. The molecule has 1 saturated heterocycles. The first kappa shape index (κ1) is 11.1. The molecule has 1 aromatic rings. The van der Waals surface area contributed by atoms with Crippen LogP contribution in [0.1, 0.15) is 6.42 Å². The van der Waals surface area contributed by atoms with E-state index in [-0.39, 0.29) is 12.3 Å². The van der Waals surface area contributed by atoms with E-state index in [0.717, 1.165) is 14.6 Å². The van der Waals surface area contributed by atoms with Gasteiger partial charge in [-0.3, -0.25) is 4.79 Å². The Labute approximate surface area is 104 Å². The molecule has 0 aliphatic carbocycles. The number of aliphatic hydroxyl groups excluding tert-OH is 1. The van der Waals surface area contributed by atoms with Gasteiger partial charge < -0.3 is 10.0 Å². The lowest BCUT2D eigenvalue weighted by atomic mass is 10.3. The Morgan fingerprint density at radius 1 is 1.40 bits per heavy atom. The summed E-state index contributed by atoms with van der Waals surface area (Å²) in [5.74, 6) is -0.0366. The Kier molecular flexibility index (Phi) is 3.13. The monoisotopic (exact) mass is 333 g/mol. The van der Waals surface area contributed by atoms with Gasteiger partial charge in [-0.1, -0.05) is 15.9 Å². The maximum absolute atomic E-state index is 11.6. The minimum Gasteiger partial charge on any atom is -0.391 e. The van der Waals surface area contributed by atoms with Gasteiger partial charge in [-0.15, -0.1) is 0 Å². The first-order chi connectivity index (χ1) is 7.08. The van der Waals surface area contributed by atoms with Crippen LogP contribution in [0.15, 0.2) is 27.1 Å². The third kappa shape index (κ3) is 2.24. The average Bonchev–Trinajstić information content (AvgIpc) is 2.45. The number of benzene rings is 1. The van der Waals surface area contributed by atoms with Crippen LogP contribution in [0.5, 0.6) is 0 Å². The molecule has 1 atom stereocenters. The van der Waals surface area contributed by atoms with Gasteiger partial charge >= 0.3 is 0 Å². The summed E-state index contributed by atoms with van der Waals surface area (Å²) in [6.07, 6.45) is -0.337. The first-order valence-corrected chi connectivity index (χ1v) is 6.10. The third-order valence-corrected chi connectivity index (χ3v) is 3.43. The lowest BCUT2D eigenvalue weighted by molar-refractivity contribution is -0.117. The van der Waals surface area contributed by atoms with Gasteiger partial charge in [-0.05, 0) is 34.1 Å². The number of carbonyl (C=O) groups is 1. The van der Waals surface area contributed by atoms with Gasteiger partial charge in [0.25, 0.3) is 0 Å². The highest BCUT2D eigenvalue weighted by atomic mass is 79.9. The molecule has 1 aromatic carbocycles. The number of nitrogens with zero attached hydrogens (tertiary/aromatic N) is 1. The zero-order chi connectivity index (χ0) is 11.0. The van der Waals surface area contributed by atoms with Crippen molar-refractivity contribution < 1.29 is 9.90 Å². The van der Waals surface area contributed by atoms with E-state index < -0.39 is 6.10 Å². The molecule has 1 fully saturated rings. The van der Waals surface area contributed by atoms with E-state index in [9.17, 15) is 9.90 Å². The summed E-state index contributed by atoms with van der Waals surface area (Å²) >= 11 is 6.75.